The zero-order valence-electron chi connectivity index (χ0n) is 17.0. The van der Waals surface area contributed by atoms with Crippen LogP contribution in [0.4, 0.5) is 5.69 Å². The van der Waals surface area contributed by atoms with Crippen LogP contribution in [0.3, 0.4) is 0 Å². The van der Waals surface area contributed by atoms with E-state index in [0.717, 1.165) is 11.3 Å². The molecule has 0 saturated carbocycles. The lowest BCUT2D eigenvalue weighted by Gasteiger charge is -2.14. The number of hydrogen-bond donors (Lipinski definition) is 1. The molecule has 1 amide bonds. The van der Waals surface area contributed by atoms with Crippen molar-refractivity contribution in [2.24, 2.45) is 0 Å². The Morgan fingerprint density at radius 3 is 2.33 bits per heavy atom. The van der Waals surface area contributed by atoms with Gasteiger partial charge in [0.15, 0.2) is 9.84 Å². The zero-order valence-corrected chi connectivity index (χ0v) is 20.9. The van der Waals surface area contributed by atoms with Gasteiger partial charge in [0.1, 0.15) is 5.01 Å². The van der Waals surface area contributed by atoms with Crippen molar-refractivity contribution in [2.45, 2.75) is 4.90 Å². The number of hydrogen-bond acceptors (Lipinski definition) is 5. The van der Waals surface area contributed by atoms with E-state index in [4.69, 9.17) is 34.8 Å². The van der Waals surface area contributed by atoms with Gasteiger partial charge < -0.3 is 5.32 Å². The van der Waals surface area contributed by atoms with Gasteiger partial charge in [-0.1, -0.05) is 40.9 Å². The highest BCUT2D eigenvalue weighted by atomic mass is 35.5. The minimum absolute atomic E-state index is 0.0812. The van der Waals surface area contributed by atoms with Crippen molar-refractivity contribution >= 4 is 67.6 Å². The lowest BCUT2D eigenvalue weighted by molar-refractivity contribution is 0.102. The van der Waals surface area contributed by atoms with E-state index in [1.165, 1.54) is 29.5 Å². The molecule has 0 aliphatic rings. The van der Waals surface area contributed by atoms with Gasteiger partial charge in [0.25, 0.3) is 5.91 Å². The molecule has 1 heterocycles. The molecule has 0 atom stereocenters. The predicted molar refractivity (Wildman–Crippen MR) is 136 cm³/mol. The van der Waals surface area contributed by atoms with Crippen LogP contribution in [0.2, 0.25) is 15.1 Å². The molecule has 33 heavy (non-hydrogen) atoms. The maximum absolute atomic E-state index is 13.2. The molecular weight excluding hydrogens is 523 g/mol. The molecule has 0 radical (unpaired) electrons. The van der Waals surface area contributed by atoms with E-state index < -0.39 is 15.7 Å². The fourth-order valence-electron chi connectivity index (χ4n) is 3.18. The average molecular weight is 538 g/mol. The Bertz CT molecular complexity index is 1470. The molecule has 3 aromatic carbocycles. The van der Waals surface area contributed by atoms with E-state index in [1.807, 2.05) is 5.38 Å². The van der Waals surface area contributed by atoms with E-state index >= 15 is 0 Å². The predicted octanol–water partition coefficient (Wildman–Crippen LogP) is 7.09. The number of aromatic nitrogens is 1. The quantitative estimate of drug-likeness (QED) is 0.295. The molecule has 0 aliphatic carbocycles. The van der Waals surface area contributed by atoms with E-state index in [9.17, 15) is 13.2 Å². The highest BCUT2D eigenvalue weighted by Crippen LogP contribution is 2.34. The molecule has 1 aromatic heterocycles. The summed E-state index contributed by atoms with van der Waals surface area (Å²) in [6.07, 6.45) is 2.78. The van der Waals surface area contributed by atoms with Crippen LogP contribution in [-0.4, -0.2) is 25.6 Å². The fourth-order valence-corrected chi connectivity index (χ4v) is 5.05. The van der Waals surface area contributed by atoms with Gasteiger partial charge in [-0.3, -0.25) is 4.79 Å². The van der Waals surface area contributed by atoms with Gasteiger partial charge in [0.05, 0.1) is 20.0 Å². The van der Waals surface area contributed by atoms with Crippen molar-refractivity contribution in [3.63, 3.8) is 0 Å². The van der Waals surface area contributed by atoms with Crippen LogP contribution in [-0.2, 0) is 9.84 Å². The number of amides is 1. The summed E-state index contributed by atoms with van der Waals surface area (Å²) in [6, 6.07) is 14.3. The van der Waals surface area contributed by atoms with Crippen LogP contribution in [0.15, 0.2) is 71.1 Å². The summed E-state index contributed by atoms with van der Waals surface area (Å²) in [4.78, 5) is 17.6. The number of nitrogens with zero attached hydrogens (tertiary/aromatic N) is 1. The third-order valence-corrected chi connectivity index (χ3v) is 7.77. The minimum atomic E-state index is -3.50. The third-order valence-electron chi connectivity index (χ3n) is 4.78. The summed E-state index contributed by atoms with van der Waals surface area (Å²) in [6.45, 7) is 0. The lowest BCUT2D eigenvalue weighted by Crippen LogP contribution is -2.14. The van der Waals surface area contributed by atoms with Gasteiger partial charge in [-0.25, -0.2) is 13.4 Å². The van der Waals surface area contributed by atoms with Gasteiger partial charge in [-0.2, -0.15) is 0 Å². The Labute approximate surface area is 209 Å². The van der Waals surface area contributed by atoms with Crippen LogP contribution < -0.4 is 5.32 Å². The summed E-state index contributed by atoms with van der Waals surface area (Å²) >= 11 is 19.9. The summed E-state index contributed by atoms with van der Waals surface area (Å²) in [5.41, 5.74) is 2.44. The van der Waals surface area contributed by atoms with Gasteiger partial charge >= 0.3 is 0 Å². The van der Waals surface area contributed by atoms with Gasteiger partial charge in [-0.15, -0.1) is 11.3 Å². The zero-order chi connectivity index (χ0) is 23.8. The third kappa shape index (κ3) is 5.23. The van der Waals surface area contributed by atoms with Gasteiger partial charge in [-0.05, 0) is 59.7 Å². The molecule has 10 heteroatoms. The maximum Gasteiger partial charge on any atom is 0.256 e. The number of halogens is 3. The summed E-state index contributed by atoms with van der Waals surface area (Å²) in [7, 11) is -3.50. The van der Waals surface area contributed by atoms with Gasteiger partial charge in [0, 0.05) is 34.6 Å². The number of nitrogens with one attached hydrogen (secondary N) is 1. The molecular formula is C23H15Cl3N2O3S2. The highest BCUT2D eigenvalue weighted by molar-refractivity contribution is 7.90. The molecule has 0 fully saturated rings. The second-order valence-electron chi connectivity index (χ2n) is 7.09. The fraction of sp³-hybridized carbons (Fsp3) is 0.0435. The second kappa shape index (κ2) is 9.44. The Kier molecular flexibility index (Phi) is 6.79. The van der Waals surface area contributed by atoms with E-state index in [2.05, 4.69) is 10.3 Å². The van der Waals surface area contributed by atoms with Crippen molar-refractivity contribution in [1.29, 1.82) is 0 Å². The Morgan fingerprint density at radius 1 is 0.909 bits per heavy atom. The van der Waals surface area contributed by atoms with Crippen molar-refractivity contribution in [3.05, 3.63) is 86.8 Å². The van der Waals surface area contributed by atoms with Crippen LogP contribution in [0.1, 0.15) is 10.4 Å². The van der Waals surface area contributed by atoms with E-state index in [-0.39, 0.29) is 15.5 Å². The molecule has 0 saturated heterocycles. The van der Waals surface area contributed by atoms with Crippen molar-refractivity contribution < 1.29 is 13.2 Å². The second-order valence-corrected chi connectivity index (χ2v) is 11.2. The van der Waals surface area contributed by atoms with E-state index in [0.29, 0.717) is 32.4 Å². The molecule has 4 aromatic rings. The Morgan fingerprint density at radius 2 is 1.67 bits per heavy atom. The number of sulfone groups is 1. The van der Waals surface area contributed by atoms with Crippen LogP contribution >= 0.6 is 46.1 Å². The summed E-state index contributed by atoms with van der Waals surface area (Å²) in [5.74, 6) is -0.427. The minimum Gasteiger partial charge on any atom is -0.322 e. The molecule has 4 rings (SSSR count). The molecule has 0 unspecified atom stereocenters. The standard InChI is InChI=1S/C23H15Cl3N2O3S2/c1-33(30,31)15-4-5-16(17(12-15)13-2-6-20(25)21(26)10-13)22(29)28-14-3-7-19(24)18(11-14)23-27-8-9-32-23/h2-12H,1H3,(H,28,29). The SMILES string of the molecule is CS(=O)(=O)c1ccc(C(=O)Nc2ccc(Cl)c(-c3nccs3)c2)c(-c2ccc(Cl)c(Cl)c2)c1. The van der Waals surface area contributed by atoms with Gasteiger partial charge in [0.2, 0.25) is 0 Å². The Hall–Kier alpha value is -2.42. The molecule has 5 nitrogen and oxygen atoms in total. The first-order chi connectivity index (χ1) is 15.6. The van der Waals surface area contributed by atoms with Crippen molar-refractivity contribution in [1.82, 2.24) is 4.98 Å². The molecule has 168 valence electrons. The van der Waals surface area contributed by atoms with Crippen molar-refractivity contribution in [2.75, 3.05) is 11.6 Å². The molecule has 0 aliphatic heterocycles. The summed E-state index contributed by atoms with van der Waals surface area (Å²) < 4.78 is 24.3. The normalized spacial score (nSPS) is 11.4. The number of carbonyl (C=O) groups excluding carboxylic acids is 1. The number of rotatable bonds is 5. The largest absolute Gasteiger partial charge is 0.322 e. The van der Waals surface area contributed by atoms with Crippen molar-refractivity contribution in [3.8, 4) is 21.7 Å². The first kappa shape index (κ1) is 23.7. The number of anilines is 1. The van der Waals surface area contributed by atoms with Crippen LogP contribution in [0.5, 0.6) is 0 Å². The highest BCUT2D eigenvalue weighted by Gasteiger charge is 2.19. The van der Waals surface area contributed by atoms with Crippen LogP contribution in [0, 0.1) is 0 Å². The topological polar surface area (TPSA) is 76.1 Å². The van der Waals surface area contributed by atoms with Crippen LogP contribution in [0.25, 0.3) is 21.7 Å². The maximum atomic E-state index is 13.2. The monoisotopic (exact) mass is 536 g/mol. The molecule has 0 bridgehead atoms. The Balaban J connectivity index is 1.76. The molecule has 0 spiro atoms. The van der Waals surface area contributed by atoms with E-state index in [1.54, 1.807) is 42.6 Å². The number of carbonyl (C=O) groups is 1. The number of thiazole rings is 1. The smallest absolute Gasteiger partial charge is 0.256 e. The molecule has 1 N–H and O–H groups in total. The first-order valence-electron chi connectivity index (χ1n) is 9.44. The number of benzene rings is 3. The average Bonchev–Trinajstić information content (AvgIpc) is 3.30. The lowest BCUT2D eigenvalue weighted by atomic mass is 9.99. The summed E-state index contributed by atoms with van der Waals surface area (Å²) in [5, 5.41) is 6.56. The first-order valence-corrected chi connectivity index (χ1v) is 13.3.